The summed E-state index contributed by atoms with van der Waals surface area (Å²) in [5, 5.41) is 6.95. The number of nitrogens with one attached hydrogen (secondary N) is 1. The van der Waals surface area contributed by atoms with Gasteiger partial charge < -0.3 is 4.90 Å². The molecule has 1 N–H and O–H groups in total. The van der Waals surface area contributed by atoms with Gasteiger partial charge in [0.15, 0.2) is 9.84 Å². The number of urea groups is 1. The fraction of sp³-hybridized carbons (Fsp3) is 0.357. The molecule has 0 unspecified atom stereocenters. The number of sulfone groups is 1. The lowest BCUT2D eigenvalue weighted by atomic mass is 10.1. The van der Waals surface area contributed by atoms with Crippen LogP contribution in [-0.2, 0) is 16.4 Å². The summed E-state index contributed by atoms with van der Waals surface area (Å²) in [7, 11) is -3.07. The molecule has 1 fully saturated rings. The molecule has 2 amide bonds. The second kappa shape index (κ2) is 6.63. The van der Waals surface area contributed by atoms with E-state index in [1.54, 1.807) is 4.90 Å². The number of nitrogens with zero attached hydrogens (tertiary/aromatic N) is 3. The van der Waals surface area contributed by atoms with Crippen molar-refractivity contribution in [2.45, 2.75) is 19.0 Å². The lowest BCUT2D eigenvalue weighted by molar-refractivity contribution is 0.190. The SMILES string of the molecule is O=C(Nc1cnns1)N(Cc1ccccc1)[C@@H]1CCS(=O)(=O)C1. The van der Waals surface area contributed by atoms with Crippen LogP contribution in [0.3, 0.4) is 0 Å². The van der Waals surface area contributed by atoms with Crippen molar-refractivity contribution in [3.05, 3.63) is 42.1 Å². The zero-order valence-corrected chi connectivity index (χ0v) is 13.9. The summed E-state index contributed by atoms with van der Waals surface area (Å²) in [5.74, 6) is 0.131. The second-order valence-electron chi connectivity index (χ2n) is 5.38. The van der Waals surface area contributed by atoms with Gasteiger partial charge in [-0.25, -0.2) is 13.2 Å². The molecule has 0 saturated carbocycles. The van der Waals surface area contributed by atoms with Gasteiger partial charge in [-0.2, -0.15) is 0 Å². The number of rotatable bonds is 4. The minimum Gasteiger partial charge on any atom is -0.316 e. The number of amides is 2. The highest BCUT2D eigenvalue weighted by Gasteiger charge is 2.34. The Kier molecular flexibility index (Phi) is 4.58. The van der Waals surface area contributed by atoms with E-state index in [9.17, 15) is 13.2 Å². The first kappa shape index (κ1) is 15.9. The Morgan fingerprint density at radius 2 is 2.13 bits per heavy atom. The topological polar surface area (TPSA) is 92.3 Å². The van der Waals surface area contributed by atoms with Crippen molar-refractivity contribution in [1.29, 1.82) is 0 Å². The molecular formula is C14H16N4O3S2. The highest BCUT2D eigenvalue weighted by atomic mass is 32.2. The van der Waals surface area contributed by atoms with Crippen LogP contribution in [-0.4, -0.2) is 46.5 Å². The molecule has 2 aromatic rings. The Balaban J connectivity index is 1.79. The van der Waals surface area contributed by atoms with E-state index in [1.165, 1.54) is 6.20 Å². The summed E-state index contributed by atoms with van der Waals surface area (Å²) in [6, 6.07) is 8.86. The zero-order valence-electron chi connectivity index (χ0n) is 12.3. The van der Waals surface area contributed by atoms with Gasteiger partial charge in [0, 0.05) is 24.1 Å². The first-order chi connectivity index (χ1) is 11.0. The molecule has 0 spiro atoms. The van der Waals surface area contributed by atoms with E-state index in [0.29, 0.717) is 18.0 Å². The Hall–Kier alpha value is -2.00. The molecular weight excluding hydrogens is 336 g/mol. The van der Waals surface area contributed by atoms with Crippen molar-refractivity contribution < 1.29 is 13.2 Å². The lowest BCUT2D eigenvalue weighted by Gasteiger charge is -2.28. The summed E-state index contributed by atoms with van der Waals surface area (Å²) < 4.78 is 27.2. The van der Waals surface area contributed by atoms with Crippen LogP contribution < -0.4 is 5.32 Å². The second-order valence-corrected chi connectivity index (χ2v) is 8.40. The standard InChI is InChI=1S/C14H16N4O3S2/c19-14(16-13-8-15-17-22-13)18(9-11-4-2-1-3-5-11)12-6-7-23(20,21)10-12/h1-5,8,12H,6-7,9-10H2,(H,16,19)/t12-/m1/s1. The predicted octanol–water partition coefficient (Wildman–Crippen LogP) is 1.76. The van der Waals surface area contributed by atoms with Crippen molar-refractivity contribution in [2.24, 2.45) is 0 Å². The molecule has 1 aliphatic rings. The smallest absolute Gasteiger partial charge is 0.316 e. The molecule has 122 valence electrons. The van der Waals surface area contributed by atoms with Gasteiger partial charge in [0.25, 0.3) is 0 Å². The average Bonchev–Trinajstić information content (AvgIpc) is 3.15. The van der Waals surface area contributed by atoms with Crippen molar-refractivity contribution in [1.82, 2.24) is 14.5 Å². The molecule has 0 aliphatic carbocycles. The minimum absolute atomic E-state index is 0.00813. The van der Waals surface area contributed by atoms with E-state index in [2.05, 4.69) is 14.9 Å². The summed E-state index contributed by atoms with van der Waals surface area (Å²) in [4.78, 5) is 14.2. The van der Waals surface area contributed by atoms with Gasteiger partial charge in [0.05, 0.1) is 17.7 Å². The molecule has 1 saturated heterocycles. The fourth-order valence-corrected chi connectivity index (χ4v) is 4.71. The third-order valence-electron chi connectivity index (χ3n) is 3.70. The number of aromatic nitrogens is 2. The van der Waals surface area contributed by atoms with Crippen molar-refractivity contribution in [3.63, 3.8) is 0 Å². The minimum atomic E-state index is -3.07. The Morgan fingerprint density at radius 1 is 1.35 bits per heavy atom. The van der Waals surface area contributed by atoms with Crippen molar-refractivity contribution >= 4 is 32.4 Å². The maximum Gasteiger partial charge on any atom is 0.323 e. The quantitative estimate of drug-likeness (QED) is 0.905. The van der Waals surface area contributed by atoms with Crippen molar-refractivity contribution in [3.8, 4) is 0 Å². The molecule has 1 atom stereocenters. The Bertz CT molecular complexity index is 763. The predicted molar refractivity (Wildman–Crippen MR) is 88.0 cm³/mol. The molecule has 2 heterocycles. The number of hydrogen-bond donors (Lipinski definition) is 1. The van der Waals surface area contributed by atoms with Gasteiger partial charge >= 0.3 is 6.03 Å². The normalized spacial score (nSPS) is 19.4. The molecule has 1 aliphatic heterocycles. The van der Waals surface area contributed by atoms with Crippen LogP contribution in [0.15, 0.2) is 36.5 Å². The first-order valence-electron chi connectivity index (χ1n) is 7.13. The highest BCUT2D eigenvalue weighted by molar-refractivity contribution is 7.91. The summed E-state index contributed by atoms with van der Waals surface area (Å²) in [6.45, 7) is 0.360. The van der Waals surface area contributed by atoms with Gasteiger partial charge in [-0.15, -0.1) is 5.10 Å². The maximum atomic E-state index is 12.6. The largest absolute Gasteiger partial charge is 0.323 e. The van der Waals surface area contributed by atoms with Gasteiger partial charge in [-0.1, -0.05) is 34.8 Å². The maximum absolute atomic E-state index is 12.6. The Labute approximate surface area is 138 Å². The van der Waals surface area contributed by atoms with Crippen LogP contribution in [0, 0.1) is 0 Å². The van der Waals surface area contributed by atoms with Gasteiger partial charge in [-0.05, 0) is 12.0 Å². The van der Waals surface area contributed by atoms with E-state index in [4.69, 9.17) is 0 Å². The third kappa shape index (κ3) is 4.05. The Morgan fingerprint density at radius 3 is 2.74 bits per heavy atom. The third-order valence-corrected chi connectivity index (χ3v) is 6.03. The molecule has 7 nitrogen and oxygen atoms in total. The molecule has 23 heavy (non-hydrogen) atoms. The fourth-order valence-electron chi connectivity index (χ4n) is 2.57. The lowest BCUT2D eigenvalue weighted by Crippen LogP contribution is -2.43. The van der Waals surface area contributed by atoms with Crippen LogP contribution in [0.25, 0.3) is 0 Å². The number of carbonyl (C=O) groups is 1. The number of hydrogen-bond acceptors (Lipinski definition) is 6. The number of benzene rings is 1. The van der Waals surface area contributed by atoms with E-state index in [-0.39, 0.29) is 23.6 Å². The van der Waals surface area contributed by atoms with Crippen LogP contribution in [0.4, 0.5) is 9.80 Å². The molecule has 9 heteroatoms. The van der Waals surface area contributed by atoms with Crippen LogP contribution in [0.2, 0.25) is 0 Å². The zero-order chi connectivity index (χ0) is 16.3. The summed E-state index contributed by atoms with van der Waals surface area (Å²) in [6.07, 6.45) is 1.93. The van der Waals surface area contributed by atoms with Gasteiger partial charge in [0.1, 0.15) is 5.00 Å². The van der Waals surface area contributed by atoms with Crippen LogP contribution in [0.5, 0.6) is 0 Å². The summed E-state index contributed by atoms with van der Waals surface area (Å²) >= 11 is 1.08. The monoisotopic (exact) mass is 352 g/mol. The van der Waals surface area contributed by atoms with E-state index in [0.717, 1.165) is 17.1 Å². The average molecular weight is 352 g/mol. The van der Waals surface area contributed by atoms with E-state index in [1.807, 2.05) is 30.3 Å². The van der Waals surface area contributed by atoms with Crippen molar-refractivity contribution in [2.75, 3.05) is 16.8 Å². The molecule has 0 bridgehead atoms. The summed E-state index contributed by atoms with van der Waals surface area (Å²) in [5.41, 5.74) is 0.953. The van der Waals surface area contributed by atoms with E-state index >= 15 is 0 Å². The number of carbonyl (C=O) groups excluding carboxylic acids is 1. The van der Waals surface area contributed by atoms with Crippen LogP contribution in [0.1, 0.15) is 12.0 Å². The molecule has 1 aromatic carbocycles. The van der Waals surface area contributed by atoms with Crippen LogP contribution >= 0.6 is 11.5 Å². The highest BCUT2D eigenvalue weighted by Crippen LogP contribution is 2.22. The molecule has 3 rings (SSSR count). The number of anilines is 1. The first-order valence-corrected chi connectivity index (χ1v) is 9.72. The van der Waals surface area contributed by atoms with E-state index < -0.39 is 9.84 Å². The van der Waals surface area contributed by atoms with Gasteiger partial charge in [0.2, 0.25) is 0 Å². The van der Waals surface area contributed by atoms with Gasteiger partial charge in [-0.3, -0.25) is 5.32 Å². The molecule has 0 radical (unpaired) electrons. The molecule has 1 aromatic heterocycles.